The van der Waals surface area contributed by atoms with E-state index < -0.39 is 0 Å². The van der Waals surface area contributed by atoms with Gasteiger partial charge in [-0.05, 0) is 31.9 Å². The fourth-order valence-corrected chi connectivity index (χ4v) is 3.39. The molecule has 0 aromatic carbocycles. The fourth-order valence-electron chi connectivity index (χ4n) is 2.65. The maximum atomic E-state index is 12.4. The van der Waals surface area contributed by atoms with E-state index in [0.29, 0.717) is 28.5 Å². The van der Waals surface area contributed by atoms with Crippen molar-refractivity contribution in [3.05, 3.63) is 30.7 Å². The number of thioether (sulfide) groups is 1. The highest BCUT2D eigenvalue weighted by Gasteiger charge is 2.18. The van der Waals surface area contributed by atoms with E-state index in [2.05, 4.69) is 34.5 Å². The Morgan fingerprint density at radius 1 is 1.26 bits per heavy atom. The van der Waals surface area contributed by atoms with Crippen LogP contribution in [0.1, 0.15) is 33.7 Å². The van der Waals surface area contributed by atoms with Crippen LogP contribution in [0.3, 0.4) is 0 Å². The summed E-state index contributed by atoms with van der Waals surface area (Å²) in [5.74, 6) is 2.56. The summed E-state index contributed by atoms with van der Waals surface area (Å²) >= 11 is 1.36. The third kappa shape index (κ3) is 4.60. The van der Waals surface area contributed by atoms with Crippen LogP contribution >= 0.6 is 11.8 Å². The molecule has 144 valence electrons. The zero-order valence-electron chi connectivity index (χ0n) is 15.9. The standard InChI is InChI=1S/C18H24N6O2S/c1-12(2)10-23-17(14-6-5-9-26-14)21-22-18(23)27-11-16(25)20-15-7-8-19-24(15)13(3)4/h5-9,12-13H,10-11H2,1-4H3,(H,20,25). The Morgan fingerprint density at radius 2 is 2.07 bits per heavy atom. The maximum Gasteiger partial charge on any atom is 0.235 e. The Kier molecular flexibility index (Phi) is 6.00. The fraction of sp³-hybridized carbons (Fsp3) is 0.444. The summed E-state index contributed by atoms with van der Waals surface area (Å²) in [5, 5.41) is 16.3. The zero-order valence-corrected chi connectivity index (χ0v) is 16.7. The number of hydrogen-bond donors (Lipinski definition) is 1. The van der Waals surface area contributed by atoms with Crippen LogP contribution < -0.4 is 5.32 Å². The molecular weight excluding hydrogens is 364 g/mol. The highest BCUT2D eigenvalue weighted by Crippen LogP contribution is 2.25. The number of anilines is 1. The first-order chi connectivity index (χ1) is 13.0. The molecule has 1 N–H and O–H groups in total. The quantitative estimate of drug-likeness (QED) is 0.592. The molecule has 0 atom stereocenters. The van der Waals surface area contributed by atoms with E-state index in [0.717, 1.165) is 6.54 Å². The first-order valence-electron chi connectivity index (χ1n) is 8.89. The van der Waals surface area contributed by atoms with Crippen LogP contribution in [0.15, 0.2) is 40.2 Å². The SMILES string of the molecule is CC(C)Cn1c(SCC(=O)Nc2ccnn2C(C)C)nnc1-c1ccco1. The molecule has 8 nitrogen and oxygen atoms in total. The first-order valence-corrected chi connectivity index (χ1v) is 9.87. The normalized spacial score (nSPS) is 11.5. The molecule has 1 amide bonds. The topological polar surface area (TPSA) is 90.8 Å². The number of carbonyl (C=O) groups excluding carboxylic acids is 1. The van der Waals surface area contributed by atoms with Gasteiger partial charge in [0.05, 0.1) is 18.2 Å². The van der Waals surface area contributed by atoms with E-state index in [1.165, 1.54) is 11.8 Å². The van der Waals surface area contributed by atoms with Gasteiger partial charge in [-0.15, -0.1) is 10.2 Å². The summed E-state index contributed by atoms with van der Waals surface area (Å²) in [5.41, 5.74) is 0. The molecule has 0 bridgehead atoms. The average molecular weight is 388 g/mol. The smallest absolute Gasteiger partial charge is 0.235 e. The van der Waals surface area contributed by atoms with Crippen LogP contribution in [-0.4, -0.2) is 36.2 Å². The van der Waals surface area contributed by atoms with Crippen LogP contribution in [0.5, 0.6) is 0 Å². The summed E-state index contributed by atoms with van der Waals surface area (Å²) in [6, 6.07) is 5.64. The van der Waals surface area contributed by atoms with Crippen molar-refractivity contribution in [2.75, 3.05) is 11.1 Å². The second-order valence-corrected chi connectivity index (χ2v) is 7.82. The molecule has 3 rings (SSSR count). The predicted molar refractivity (Wildman–Crippen MR) is 105 cm³/mol. The van der Waals surface area contributed by atoms with E-state index in [4.69, 9.17) is 4.42 Å². The van der Waals surface area contributed by atoms with Gasteiger partial charge in [0.15, 0.2) is 16.7 Å². The highest BCUT2D eigenvalue weighted by atomic mass is 32.2. The van der Waals surface area contributed by atoms with Gasteiger partial charge in [0, 0.05) is 18.7 Å². The molecule has 3 aromatic rings. The van der Waals surface area contributed by atoms with E-state index in [1.54, 1.807) is 23.2 Å². The second-order valence-electron chi connectivity index (χ2n) is 6.88. The Labute approximate surface area is 162 Å². The van der Waals surface area contributed by atoms with Gasteiger partial charge in [0.2, 0.25) is 5.91 Å². The van der Waals surface area contributed by atoms with E-state index in [9.17, 15) is 4.79 Å². The number of rotatable bonds is 8. The molecule has 0 spiro atoms. The van der Waals surface area contributed by atoms with Gasteiger partial charge in [-0.25, -0.2) is 4.68 Å². The Morgan fingerprint density at radius 3 is 2.74 bits per heavy atom. The number of amides is 1. The summed E-state index contributed by atoms with van der Waals surface area (Å²) < 4.78 is 9.24. The van der Waals surface area contributed by atoms with Gasteiger partial charge in [-0.3, -0.25) is 9.36 Å². The lowest BCUT2D eigenvalue weighted by atomic mass is 10.2. The number of carbonyl (C=O) groups is 1. The Hall–Kier alpha value is -2.55. The van der Waals surface area contributed by atoms with Crippen LogP contribution in [-0.2, 0) is 11.3 Å². The predicted octanol–water partition coefficient (Wildman–Crippen LogP) is 3.70. The third-order valence-corrected chi connectivity index (χ3v) is 4.73. The Bertz CT molecular complexity index is 882. The molecule has 0 aliphatic rings. The van der Waals surface area contributed by atoms with Gasteiger partial charge >= 0.3 is 0 Å². The summed E-state index contributed by atoms with van der Waals surface area (Å²) in [6.07, 6.45) is 3.29. The molecule has 0 saturated carbocycles. The van der Waals surface area contributed by atoms with Crippen molar-refractivity contribution in [3.63, 3.8) is 0 Å². The molecule has 0 fully saturated rings. The average Bonchev–Trinajstić information content (AvgIpc) is 3.33. The van der Waals surface area contributed by atoms with Gasteiger partial charge in [0.1, 0.15) is 5.82 Å². The lowest BCUT2D eigenvalue weighted by molar-refractivity contribution is -0.113. The minimum absolute atomic E-state index is 0.110. The minimum Gasteiger partial charge on any atom is -0.461 e. The van der Waals surface area contributed by atoms with Crippen LogP contribution in [0, 0.1) is 5.92 Å². The zero-order chi connectivity index (χ0) is 19.4. The highest BCUT2D eigenvalue weighted by molar-refractivity contribution is 7.99. The van der Waals surface area contributed by atoms with Gasteiger partial charge < -0.3 is 9.73 Å². The molecule has 0 saturated heterocycles. The van der Waals surface area contributed by atoms with E-state index in [1.807, 2.05) is 30.5 Å². The van der Waals surface area contributed by atoms with Crippen molar-refractivity contribution in [1.29, 1.82) is 0 Å². The van der Waals surface area contributed by atoms with Gasteiger partial charge in [-0.2, -0.15) is 5.10 Å². The number of nitrogens with zero attached hydrogens (tertiary/aromatic N) is 5. The minimum atomic E-state index is -0.110. The van der Waals surface area contributed by atoms with E-state index >= 15 is 0 Å². The number of hydrogen-bond acceptors (Lipinski definition) is 6. The van der Waals surface area contributed by atoms with Crippen molar-refractivity contribution < 1.29 is 9.21 Å². The van der Waals surface area contributed by atoms with Crippen molar-refractivity contribution >= 4 is 23.5 Å². The number of aromatic nitrogens is 5. The van der Waals surface area contributed by atoms with Crippen molar-refractivity contribution in [1.82, 2.24) is 24.5 Å². The van der Waals surface area contributed by atoms with E-state index in [-0.39, 0.29) is 17.7 Å². The van der Waals surface area contributed by atoms with Crippen molar-refractivity contribution in [3.8, 4) is 11.6 Å². The lowest BCUT2D eigenvalue weighted by Crippen LogP contribution is -2.18. The maximum absolute atomic E-state index is 12.4. The van der Waals surface area contributed by atoms with Crippen LogP contribution in [0.2, 0.25) is 0 Å². The first kappa shape index (κ1) is 19.2. The summed E-state index contributed by atoms with van der Waals surface area (Å²) in [6.45, 7) is 9.03. The molecule has 0 aliphatic heterocycles. The second kappa shape index (κ2) is 8.43. The third-order valence-electron chi connectivity index (χ3n) is 3.77. The molecular formula is C18H24N6O2S. The lowest BCUT2D eigenvalue weighted by Gasteiger charge is -2.12. The molecule has 9 heteroatoms. The molecule has 0 unspecified atom stereocenters. The van der Waals surface area contributed by atoms with Crippen molar-refractivity contribution in [2.45, 2.75) is 45.4 Å². The molecule has 3 heterocycles. The molecule has 27 heavy (non-hydrogen) atoms. The monoisotopic (exact) mass is 388 g/mol. The molecule has 3 aromatic heterocycles. The number of nitrogens with one attached hydrogen (secondary N) is 1. The number of furan rings is 1. The largest absolute Gasteiger partial charge is 0.461 e. The summed E-state index contributed by atoms with van der Waals surface area (Å²) in [4.78, 5) is 12.4. The van der Waals surface area contributed by atoms with Gasteiger partial charge in [0.25, 0.3) is 0 Å². The van der Waals surface area contributed by atoms with Crippen LogP contribution in [0.4, 0.5) is 5.82 Å². The Balaban J connectivity index is 1.70. The van der Waals surface area contributed by atoms with Crippen molar-refractivity contribution in [2.24, 2.45) is 5.92 Å². The summed E-state index contributed by atoms with van der Waals surface area (Å²) in [7, 11) is 0. The van der Waals surface area contributed by atoms with Gasteiger partial charge in [-0.1, -0.05) is 25.6 Å². The molecule has 0 radical (unpaired) electrons. The molecule has 0 aliphatic carbocycles. The van der Waals surface area contributed by atoms with Crippen LogP contribution in [0.25, 0.3) is 11.6 Å².